The fraction of sp³-hybridized carbons (Fsp3) is 0.500. The normalized spacial score (nSPS) is 26.1. The number of urea groups is 1. The molecule has 2 atom stereocenters. The van der Waals surface area contributed by atoms with Crippen molar-refractivity contribution in [2.45, 2.75) is 33.2 Å². The van der Waals surface area contributed by atoms with Crippen molar-refractivity contribution in [3.05, 3.63) is 35.8 Å². The molecule has 0 aromatic carbocycles. The van der Waals surface area contributed by atoms with Crippen LogP contribution < -0.4 is 10.7 Å². The monoisotopic (exact) mass is 287 g/mol. The first-order chi connectivity index (χ1) is 10.1. The lowest BCUT2D eigenvalue weighted by Gasteiger charge is -2.55. The largest absolute Gasteiger partial charge is 0.467 e. The molecule has 2 amide bonds. The maximum Gasteiger partial charge on any atom is 0.335 e. The van der Waals surface area contributed by atoms with E-state index in [-0.39, 0.29) is 6.03 Å². The van der Waals surface area contributed by atoms with Gasteiger partial charge in [-0.1, -0.05) is 19.9 Å². The zero-order chi connectivity index (χ0) is 14.9. The number of fused-ring (bicyclic) bond motifs is 1. The van der Waals surface area contributed by atoms with Crippen LogP contribution in [-0.4, -0.2) is 12.2 Å². The topological polar surface area (TPSA) is 66.6 Å². The second-order valence-electron chi connectivity index (χ2n) is 6.38. The highest BCUT2D eigenvalue weighted by Crippen LogP contribution is 2.58. The number of hydrazone groups is 1. The first kappa shape index (κ1) is 13.9. The summed E-state index contributed by atoms with van der Waals surface area (Å²) in [6.45, 7) is 4.99. The predicted octanol–water partition coefficient (Wildman–Crippen LogP) is 3.06. The van der Waals surface area contributed by atoms with Crippen LogP contribution in [0.3, 0.4) is 0 Å². The molecule has 5 nitrogen and oxygen atoms in total. The van der Waals surface area contributed by atoms with Crippen LogP contribution in [0.2, 0.25) is 0 Å². The average molecular weight is 287 g/mol. The third-order valence-corrected chi connectivity index (χ3v) is 4.89. The van der Waals surface area contributed by atoms with Crippen LogP contribution in [0.4, 0.5) is 4.79 Å². The first-order valence-electron chi connectivity index (χ1n) is 7.36. The summed E-state index contributed by atoms with van der Waals surface area (Å²) in [6, 6.07) is 3.27. The van der Waals surface area contributed by atoms with Gasteiger partial charge in [0.15, 0.2) is 0 Å². The van der Waals surface area contributed by atoms with E-state index < -0.39 is 0 Å². The summed E-state index contributed by atoms with van der Waals surface area (Å²) >= 11 is 0. The Bertz CT molecular complexity index is 572. The second kappa shape index (κ2) is 5.39. The molecule has 4 rings (SSSR count). The van der Waals surface area contributed by atoms with Gasteiger partial charge in [-0.25, -0.2) is 10.2 Å². The van der Waals surface area contributed by atoms with Crippen LogP contribution >= 0.6 is 0 Å². The molecule has 1 heterocycles. The van der Waals surface area contributed by atoms with E-state index in [4.69, 9.17) is 4.42 Å². The van der Waals surface area contributed by atoms with Crippen LogP contribution in [-0.2, 0) is 6.54 Å². The van der Waals surface area contributed by atoms with Gasteiger partial charge in [-0.05, 0) is 47.8 Å². The molecule has 1 saturated carbocycles. The molecule has 1 aromatic heterocycles. The zero-order valence-electron chi connectivity index (χ0n) is 12.4. The molecule has 3 aliphatic carbocycles. The summed E-state index contributed by atoms with van der Waals surface area (Å²) in [6.07, 6.45) is 7.98. The minimum absolute atomic E-state index is 0.329. The van der Waals surface area contributed by atoms with Crippen molar-refractivity contribution < 1.29 is 9.21 Å². The maximum atomic E-state index is 11.6. The van der Waals surface area contributed by atoms with Crippen LogP contribution in [0.1, 0.15) is 32.4 Å². The standard InChI is InChI=1S/C16H21N3O2/c1-16(2)12-6-5-11(14(16)8-12)9-18-19-15(20)17-10-13-4-3-7-21-13/h3-5,7,9,12,14H,6,8,10H2,1-2H3,(H2,17,19,20)/b18-9+. The third-order valence-electron chi connectivity index (χ3n) is 4.89. The number of carbonyl (C=O) groups is 1. The smallest absolute Gasteiger partial charge is 0.335 e. The molecule has 0 aliphatic heterocycles. The highest BCUT2D eigenvalue weighted by molar-refractivity contribution is 5.82. The fourth-order valence-electron chi connectivity index (χ4n) is 3.33. The lowest BCUT2D eigenvalue weighted by Crippen LogP contribution is -2.48. The summed E-state index contributed by atoms with van der Waals surface area (Å²) < 4.78 is 5.14. The molecule has 112 valence electrons. The molecule has 1 aromatic rings. The third kappa shape index (κ3) is 2.73. The van der Waals surface area contributed by atoms with Gasteiger partial charge in [0.05, 0.1) is 19.0 Å². The molecular formula is C16H21N3O2. The lowest BCUT2D eigenvalue weighted by atomic mass is 9.49. The molecule has 5 heteroatoms. The zero-order valence-corrected chi connectivity index (χ0v) is 12.4. The van der Waals surface area contributed by atoms with Crippen molar-refractivity contribution in [3.63, 3.8) is 0 Å². The van der Waals surface area contributed by atoms with E-state index in [0.29, 0.717) is 23.6 Å². The van der Waals surface area contributed by atoms with Gasteiger partial charge in [0, 0.05) is 0 Å². The number of hydrogen-bond acceptors (Lipinski definition) is 3. The van der Waals surface area contributed by atoms with Crippen molar-refractivity contribution in [1.29, 1.82) is 0 Å². The number of nitrogens with one attached hydrogen (secondary N) is 2. The highest BCUT2D eigenvalue weighted by Gasteiger charge is 2.50. The Morgan fingerprint density at radius 2 is 2.43 bits per heavy atom. The van der Waals surface area contributed by atoms with Gasteiger partial charge in [-0.2, -0.15) is 5.10 Å². The number of nitrogens with zero attached hydrogens (tertiary/aromatic N) is 1. The number of carbonyl (C=O) groups excluding carboxylic acids is 1. The number of amides is 2. The van der Waals surface area contributed by atoms with Gasteiger partial charge in [-0.15, -0.1) is 0 Å². The van der Waals surface area contributed by atoms with Gasteiger partial charge in [0.25, 0.3) is 0 Å². The molecule has 3 aliphatic rings. The lowest BCUT2D eigenvalue weighted by molar-refractivity contribution is -0.00126. The highest BCUT2D eigenvalue weighted by atomic mass is 16.3. The van der Waals surface area contributed by atoms with Gasteiger partial charge in [-0.3, -0.25) is 0 Å². The molecule has 1 fully saturated rings. The second-order valence-corrected chi connectivity index (χ2v) is 6.38. The molecule has 21 heavy (non-hydrogen) atoms. The van der Waals surface area contributed by atoms with Gasteiger partial charge in [0.2, 0.25) is 0 Å². The van der Waals surface area contributed by atoms with E-state index in [1.54, 1.807) is 18.5 Å². The molecule has 2 bridgehead atoms. The number of hydrogen-bond donors (Lipinski definition) is 2. The summed E-state index contributed by atoms with van der Waals surface area (Å²) in [4.78, 5) is 11.6. The minimum atomic E-state index is -0.329. The number of allylic oxidation sites excluding steroid dienone is 2. The predicted molar refractivity (Wildman–Crippen MR) is 80.6 cm³/mol. The molecule has 0 radical (unpaired) electrons. The fourth-order valence-corrected chi connectivity index (χ4v) is 3.33. The average Bonchev–Trinajstić information content (AvgIpc) is 2.98. The van der Waals surface area contributed by atoms with E-state index in [1.807, 2.05) is 6.07 Å². The van der Waals surface area contributed by atoms with Crippen LogP contribution in [0, 0.1) is 17.3 Å². The number of rotatable bonds is 4. The van der Waals surface area contributed by atoms with E-state index >= 15 is 0 Å². The van der Waals surface area contributed by atoms with Crippen LogP contribution in [0.5, 0.6) is 0 Å². The number of furan rings is 1. The molecule has 2 unspecified atom stereocenters. The first-order valence-corrected chi connectivity index (χ1v) is 7.36. The Hall–Kier alpha value is -2.04. The van der Waals surface area contributed by atoms with Gasteiger partial charge >= 0.3 is 6.03 Å². The van der Waals surface area contributed by atoms with Crippen molar-refractivity contribution in [3.8, 4) is 0 Å². The summed E-state index contributed by atoms with van der Waals surface area (Å²) in [7, 11) is 0. The SMILES string of the molecule is CC1(C)C2CC=C(/C=N/NC(=O)NCc3ccco3)C1C2. The van der Waals surface area contributed by atoms with Crippen LogP contribution in [0.15, 0.2) is 39.6 Å². The maximum absolute atomic E-state index is 11.6. The Kier molecular flexibility index (Phi) is 3.57. The summed E-state index contributed by atoms with van der Waals surface area (Å²) in [5, 5.41) is 6.73. The van der Waals surface area contributed by atoms with E-state index in [0.717, 1.165) is 12.3 Å². The van der Waals surface area contributed by atoms with Gasteiger partial charge < -0.3 is 9.73 Å². The van der Waals surface area contributed by atoms with Crippen molar-refractivity contribution in [2.75, 3.05) is 0 Å². The quantitative estimate of drug-likeness (QED) is 0.660. The molecular weight excluding hydrogens is 266 g/mol. The van der Waals surface area contributed by atoms with Crippen molar-refractivity contribution in [2.24, 2.45) is 22.4 Å². The molecule has 2 N–H and O–H groups in total. The van der Waals surface area contributed by atoms with Crippen molar-refractivity contribution >= 4 is 12.2 Å². The summed E-state index contributed by atoms with van der Waals surface area (Å²) in [5.41, 5.74) is 4.11. The summed E-state index contributed by atoms with van der Waals surface area (Å²) in [5.74, 6) is 2.10. The molecule has 0 saturated heterocycles. The molecule has 0 spiro atoms. The van der Waals surface area contributed by atoms with Crippen molar-refractivity contribution in [1.82, 2.24) is 10.7 Å². The Morgan fingerprint density at radius 3 is 3.10 bits per heavy atom. The van der Waals surface area contributed by atoms with E-state index in [2.05, 4.69) is 35.8 Å². The minimum Gasteiger partial charge on any atom is -0.467 e. The Labute approximate surface area is 124 Å². The van der Waals surface area contributed by atoms with Crippen LogP contribution in [0.25, 0.3) is 0 Å². The van der Waals surface area contributed by atoms with E-state index in [1.165, 1.54) is 12.0 Å². The van der Waals surface area contributed by atoms with E-state index in [9.17, 15) is 4.79 Å². The Morgan fingerprint density at radius 1 is 1.57 bits per heavy atom. The Balaban J connectivity index is 1.46. The van der Waals surface area contributed by atoms with Gasteiger partial charge in [0.1, 0.15) is 5.76 Å².